The smallest absolute Gasteiger partial charge is 0.133 e. The van der Waals surface area contributed by atoms with Crippen LogP contribution in [0.5, 0.6) is 0 Å². The monoisotopic (exact) mass is 336 g/mol. The second-order valence-electron chi connectivity index (χ2n) is 4.07. The fourth-order valence-corrected chi connectivity index (χ4v) is 2.40. The highest BCUT2D eigenvalue weighted by molar-refractivity contribution is 9.49. The van der Waals surface area contributed by atoms with Crippen LogP contribution in [0.4, 0.5) is 0 Å². The summed E-state index contributed by atoms with van der Waals surface area (Å²) >= 11 is 7.06. The third kappa shape index (κ3) is 11.0. The first-order valence-electron chi connectivity index (χ1n) is 6.18. The van der Waals surface area contributed by atoms with E-state index >= 15 is 0 Å². The maximum absolute atomic E-state index is 3.53. The van der Waals surface area contributed by atoms with Crippen LogP contribution in [-0.2, 0) is 0 Å². The average Bonchev–Trinajstić information content (AvgIpc) is 2.19. The molecule has 0 spiro atoms. The normalized spacial score (nSPS) is 11.9. The zero-order valence-electron chi connectivity index (χ0n) is 10.1. The van der Waals surface area contributed by atoms with Crippen molar-refractivity contribution in [1.29, 1.82) is 0 Å². The molecule has 0 aliphatic carbocycles. The van der Waals surface area contributed by atoms with E-state index in [1.165, 1.54) is 51.4 Å². The summed E-state index contributed by atoms with van der Waals surface area (Å²) in [7, 11) is 0. The largest absolute Gasteiger partial charge is 0.322 e. The maximum atomic E-state index is 3.53. The first-order valence-corrected chi connectivity index (χ1v) is 8.01. The summed E-state index contributed by atoms with van der Waals surface area (Å²) in [4.78, 5) is 0. The van der Waals surface area contributed by atoms with Crippen LogP contribution < -0.4 is 0 Å². The predicted octanol–water partition coefficient (Wildman–Crippen LogP) is 5.89. The van der Waals surface area contributed by atoms with Crippen molar-refractivity contribution in [2.24, 2.45) is 0 Å². The Morgan fingerprint density at radius 3 is 2.07 bits per heavy atom. The molecule has 0 nitrogen and oxygen atoms in total. The molecule has 0 aliphatic rings. The van der Waals surface area contributed by atoms with Crippen LogP contribution in [-0.4, -0.2) is 4.36 Å². The van der Waals surface area contributed by atoms with Crippen LogP contribution in [0.3, 0.4) is 0 Å². The highest BCUT2D eigenvalue weighted by Gasteiger charge is 2.03. The van der Waals surface area contributed by atoms with E-state index in [4.69, 9.17) is 0 Å². The Kier molecular flexibility index (Phi) is 11.8. The Morgan fingerprint density at radius 1 is 0.933 bits per heavy atom. The summed E-state index contributed by atoms with van der Waals surface area (Å²) in [6.45, 7) is 4.52. The molecule has 0 unspecified atom stereocenters. The number of rotatable bonds is 9. The van der Waals surface area contributed by atoms with Crippen LogP contribution in [0, 0.1) is 0 Å². The van der Waals surface area contributed by atoms with Gasteiger partial charge in [0.25, 0.3) is 0 Å². The van der Waals surface area contributed by atoms with Gasteiger partial charge in [0.05, 0.1) is 0 Å². The van der Waals surface area contributed by atoms with Crippen LogP contribution in [0.15, 0.2) is 11.5 Å². The van der Waals surface area contributed by atoms with E-state index in [9.17, 15) is 0 Å². The molecule has 0 N–H and O–H groups in total. The van der Waals surface area contributed by atoms with E-state index in [1.807, 2.05) is 0 Å². The van der Waals surface area contributed by atoms with E-state index in [2.05, 4.69) is 51.3 Å². The highest BCUT2D eigenvalue weighted by Crippen LogP contribution is 2.19. The van der Waals surface area contributed by atoms with Crippen molar-refractivity contribution in [2.75, 3.05) is 0 Å². The lowest BCUT2D eigenvalue weighted by atomic mass is 9.95. The second kappa shape index (κ2) is 11.3. The van der Waals surface area contributed by atoms with Gasteiger partial charge in [-0.3, -0.25) is 0 Å². The van der Waals surface area contributed by atoms with Gasteiger partial charge in [-0.1, -0.05) is 51.1 Å². The van der Waals surface area contributed by atoms with Crippen molar-refractivity contribution in [3.8, 4) is 0 Å². The van der Waals surface area contributed by atoms with E-state index in [1.54, 1.807) is 5.57 Å². The van der Waals surface area contributed by atoms with Crippen molar-refractivity contribution in [3.63, 3.8) is 0 Å². The molecule has 0 atom stereocenters. The molecule has 88 valence electrons. The molecular weight excluding hydrogens is 315 g/mol. The average molecular weight is 338 g/mol. The zero-order valence-corrected chi connectivity index (χ0v) is 13.2. The fraction of sp³-hybridized carbons (Fsp3) is 0.833. The molecule has 15 heavy (non-hydrogen) atoms. The molecule has 0 fully saturated rings. The zero-order chi connectivity index (χ0) is 11.5. The van der Waals surface area contributed by atoms with E-state index in [0.29, 0.717) is 4.36 Å². The number of hydrogen-bond donors (Lipinski definition) is 0. The standard InChI is InChI=1S/C12H23BBr2/c1-3-5-7-8-10-12(9-6-4-2)11-13(14)15/h11H,3-10H2,1-2H3/b12-11+. The summed E-state index contributed by atoms with van der Waals surface area (Å²) in [5, 5.41) is 0. The minimum absolute atomic E-state index is 0.350. The quantitative estimate of drug-likeness (QED) is 0.363. The first-order chi connectivity index (χ1) is 7.20. The summed E-state index contributed by atoms with van der Waals surface area (Å²) < 4.78 is 0.350. The summed E-state index contributed by atoms with van der Waals surface area (Å²) in [5.74, 6) is 2.32. The number of hydrogen-bond acceptors (Lipinski definition) is 0. The Morgan fingerprint density at radius 2 is 1.53 bits per heavy atom. The van der Waals surface area contributed by atoms with Crippen LogP contribution in [0.1, 0.15) is 65.2 Å². The lowest BCUT2D eigenvalue weighted by Crippen LogP contribution is -1.92. The Hall–Kier alpha value is 0.765. The molecule has 0 radical (unpaired) electrons. The van der Waals surface area contributed by atoms with Crippen LogP contribution in [0.2, 0.25) is 0 Å². The summed E-state index contributed by atoms with van der Waals surface area (Å²) in [5.41, 5.74) is 1.62. The minimum Gasteiger partial charge on any atom is -0.133 e. The lowest BCUT2D eigenvalue weighted by Gasteiger charge is -2.07. The van der Waals surface area contributed by atoms with Gasteiger partial charge in [-0.25, -0.2) is 0 Å². The van der Waals surface area contributed by atoms with Gasteiger partial charge in [0.15, 0.2) is 0 Å². The van der Waals surface area contributed by atoms with Gasteiger partial charge in [-0.15, -0.1) is 31.5 Å². The number of unbranched alkanes of at least 4 members (excludes halogenated alkanes) is 4. The summed E-state index contributed by atoms with van der Waals surface area (Å²) in [6.07, 6.45) is 10.6. The van der Waals surface area contributed by atoms with Gasteiger partial charge in [-0.05, 0) is 25.7 Å². The van der Waals surface area contributed by atoms with Gasteiger partial charge in [0.1, 0.15) is 0 Å². The molecule has 0 saturated heterocycles. The molecule has 0 heterocycles. The van der Waals surface area contributed by atoms with Gasteiger partial charge in [0.2, 0.25) is 0 Å². The Bertz CT molecular complexity index is 167. The lowest BCUT2D eigenvalue weighted by molar-refractivity contribution is 0.646. The van der Waals surface area contributed by atoms with Gasteiger partial charge in [0, 0.05) is 0 Å². The third-order valence-electron chi connectivity index (χ3n) is 2.56. The third-order valence-corrected chi connectivity index (χ3v) is 3.09. The maximum Gasteiger partial charge on any atom is 0.322 e. The topological polar surface area (TPSA) is 0 Å². The highest BCUT2D eigenvalue weighted by atomic mass is 79.9. The number of allylic oxidation sites excluding steroid dienone is 1. The van der Waals surface area contributed by atoms with E-state index in [0.717, 1.165) is 0 Å². The Labute approximate surface area is 112 Å². The molecule has 0 aromatic carbocycles. The second-order valence-corrected chi connectivity index (χ2v) is 7.28. The van der Waals surface area contributed by atoms with E-state index < -0.39 is 0 Å². The molecule has 3 heteroatoms. The predicted molar refractivity (Wildman–Crippen MR) is 80.0 cm³/mol. The molecule has 0 amide bonds. The van der Waals surface area contributed by atoms with Crippen LogP contribution in [0.25, 0.3) is 0 Å². The molecule has 0 bridgehead atoms. The molecular formula is C12H23BBr2. The van der Waals surface area contributed by atoms with Gasteiger partial charge >= 0.3 is 4.36 Å². The van der Waals surface area contributed by atoms with Crippen LogP contribution >= 0.6 is 31.5 Å². The van der Waals surface area contributed by atoms with E-state index in [-0.39, 0.29) is 0 Å². The Balaban J connectivity index is 3.80. The molecule has 0 aromatic rings. The molecule has 0 saturated carbocycles. The number of halogens is 2. The minimum atomic E-state index is 0.350. The first kappa shape index (κ1) is 15.8. The van der Waals surface area contributed by atoms with Crippen molar-refractivity contribution >= 4 is 35.9 Å². The van der Waals surface area contributed by atoms with Crippen molar-refractivity contribution in [1.82, 2.24) is 0 Å². The van der Waals surface area contributed by atoms with Crippen molar-refractivity contribution < 1.29 is 0 Å². The molecule has 0 aliphatic heterocycles. The molecule has 0 aromatic heterocycles. The molecule has 0 rings (SSSR count). The van der Waals surface area contributed by atoms with Crippen molar-refractivity contribution in [2.45, 2.75) is 65.2 Å². The fourth-order valence-electron chi connectivity index (χ4n) is 1.65. The summed E-state index contributed by atoms with van der Waals surface area (Å²) in [6, 6.07) is 0. The van der Waals surface area contributed by atoms with Gasteiger partial charge in [-0.2, -0.15) is 0 Å². The van der Waals surface area contributed by atoms with Crippen molar-refractivity contribution in [3.05, 3.63) is 11.5 Å². The SMILES string of the molecule is CCCCCC/C(=C/B(Br)Br)CCCC. The van der Waals surface area contributed by atoms with Gasteiger partial charge < -0.3 is 0 Å².